The summed E-state index contributed by atoms with van der Waals surface area (Å²) in [6.45, 7) is 3.74. The lowest BCUT2D eigenvalue weighted by Gasteiger charge is -2.13. The van der Waals surface area contributed by atoms with Crippen LogP contribution < -0.4 is 10.6 Å². The molecule has 0 aliphatic heterocycles. The number of hydrogen-bond donors (Lipinski definition) is 2. The van der Waals surface area contributed by atoms with Crippen molar-refractivity contribution in [2.75, 3.05) is 18.5 Å². The second-order valence-corrected chi connectivity index (χ2v) is 5.87. The zero-order chi connectivity index (χ0) is 17.8. The minimum atomic E-state index is -0.387. The van der Waals surface area contributed by atoms with Gasteiger partial charge in [0.25, 0.3) is 0 Å². The Bertz CT molecular complexity index is 505. The second-order valence-electron chi connectivity index (χ2n) is 5.87. The molecule has 134 valence electrons. The molecule has 1 aromatic rings. The van der Waals surface area contributed by atoms with Gasteiger partial charge in [0, 0.05) is 11.7 Å². The number of hydrogen-bond acceptors (Lipinski definition) is 3. The van der Waals surface area contributed by atoms with Crippen molar-refractivity contribution in [3.63, 3.8) is 0 Å². The zero-order valence-electron chi connectivity index (χ0n) is 14.4. The van der Waals surface area contributed by atoms with Gasteiger partial charge >= 0.3 is 0 Å². The summed E-state index contributed by atoms with van der Waals surface area (Å²) in [7, 11) is 0. The Hall–Kier alpha value is -1.95. The van der Waals surface area contributed by atoms with Crippen LogP contribution in [0, 0.1) is 5.82 Å². The third-order valence-corrected chi connectivity index (χ3v) is 3.49. The van der Waals surface area contributed by atoms with Crippen LogP contribution in [0.1, 0.15) is 46.0 Å². The fraction of sp³-hybridized carbons (Fsp3) is 0.556. The number of halogens is 1. The zero-order valence-corrected chi connectivity index (χ0v) is 14.4. The molecule has 0 saturated carbocycles. The molecule has 0 heterocycles. The first-order valence-electron chi connectivity index (χ1n) is 8.43. The van der Waals surface area contributed by atoms with Crippen molar-refractivity contribution in [2.45, 2.75) is 52.0 Å². The summed E-state index contributed by atoms with van der Waals surface area (Å²) < 4.78 is 17.9. The summed E-state index contributed by atoms with van der Waals surface area (Å²) >= 11 is 0. The van der Waals surface area contributed by atoms with Gasteiger partial charge in [-0.25, -0.2) is 4.39 Å². The Morgan fingerprint density at radius 1 is 1.08 bits per heavy atom. The minimum absolute atomic E-state index is 0.103. The van der Waals surface area contributed by atoms with Crippen LogP contribution >= 0.6 is 0 Å². The maximum Gasteiger partial charge on any atom is 0.250 e. The Balaban J connectivity index is 2.13. The number of unbranched alkanes of at least 4 members (excludes halogenated alkanes) is 3. The first-order valence-corrected chi connectivity index (χ1v) is 8.43. The number of carbonyl (C=O) groups excluding carboxylic acids is 2. The fourth-order valence-electron chi connectivity index (χ4n) is 2.23. The van der Waals surface area contributed by atoms with Gasteiger partial charge in [-0.05, 0) is 37.6 Å². The second kappa shape index (κ2) is 11.6. The van der Waals surface area contributed by atoms with E-state index in [0.29, 0.717) is 5.69 Å². The van der Waals surface area contributed by atoms with Crippen LogP contribution in [0.3, 0.4) is 0 Å². The molecule has 0 saturated heterocycles. The number of benzene rings is 1. The first-order chi connectivity index (χ1) is 11.5. The average molecular weight is 338 g/mol. The summed E-state index contributed by atoms with van der Waals surface area (Å²) in [5.41, 5.74) is 0.482. The Morgan fingerprint density at radius 3 is 2.42 bits per heavy atom. The molecule has 5 nitrogen and oxygen atoms in total. The van der Waals surface area contributed by atoms with Crippen molar-refractivity contribution >= 4 is 17.5 Å². The Kier molecular flexibility index (Phi) is 9.68. The molecule has 1 aromatic carbocycles. The van der Waals surface area contributed by atoms with E-state index in [9.17, 15) is 14.0 Å². The van der Waals surface area contributed by atoms with Gasteiger partial charge in [0.15, 0.2) is 0 Å². The van der Waals surface area contributed by atoms with E-state index in [1.807, 2.05) is 6.92 Å². The van der Waals surface area contributed by atoms with Crippen molar-refractivity contribution in [1.29, 1.82) is 0 Å². The first kappa shape index (κ1) is 20.1. The smallest absolute Gasteiger partial charge is 0.250 e. The molecule has 6 heteroatoms. The van der Waals surface area contributed by atoms with Crippen LogP contribution in [0.4, 0.5) is 10.1 Å². The van der Waals surface area contributed by atoms with Gasteiger partial charge < -0.3 is 15.4 Å². The summed E-state index contributed by atoms with van der Waals surface area (Å²) in [6.07, 6.45) is 5.62. The molecule has 2 N–H and O–H groups in total. The van der Waals surface area contributed by atoms with E-state index < -0.39 is 0 Å². The molecule has 0 bridgehead atoms. The van der Waals surface area contributed by atoms with Crippen LogP contribution in [0.5, 0.6) is 0 Å². The molecule has 0 spiro atoms. The lowest BCUT2D eigenvalue weighted by molar-refractivity contribution is -0.129. The molecule has 0 aromatic heterocycles. The number of carbonyl (C=O) groups is 2. The van der Waals surface area contributed by atoms with E-state index in [4.69, 9.17) is 4.74 Å². The van der Waals surface area contributed by atoms with Gasteiger partial charge in [-0.1, -0.05) is 32.6 Å². The number of anilines is 1. The third kappa shape index (κ3) is 9.25. The van der Waals surface area contributed by atoms with E-state index in [-0.39, 0.29) is 36.9 Å². The number of nitrogens with one attached hydrogen (secondary N) is 2. The molecule has 0 radical (unpaired) electrons. The van der Waals surface area contributed by atoms with Gasteiger partial charge in [-0.3, -0.25) is 9.59 Å². The molecular weight excluding hydrogens is 311 g/mol. The maximum absolute atomic E-state index is 12.8. The largest absolute Gasteiger partial charge is 0.362 e. The van der Waals surface area contributed by atoms with E-state index >= 15 is 0 Å². The van der Waals surface area contributed by atoms with Crippen LogP contribution in [0.2, 0.25) is 0 Å². The molecule has 1 unspecified atom stereocenters. The van der Waals surface area contributed by atoms with E-state index in [0.717, 1.165) is 12.8 Å². The molecule has 1 rings (SSSR count). The average Bonchev–Trinajstić information content (AvgIpc) is 2.54. The molecule has 0 aliphatic carbocycles. The van der Waals surface area contributed by atoms with Crippen LogP contribution in [-0.2, 0) is 14.3 Å². The van der Waals surface area contributed by atoms with Crippen LogP contribution in [0.15, 0.2) is 24.3 Å². The van der Waals surface area contributed by atoms with E-state index in [2.05, 4.69) is 17.6 Å². The molecule has 24 heavy (non-hydrogen) atoms. The predicted molar refractivity (Wildman–Crippen MR) is 92.2 cm³/mol. The van der Waals surface area contributed by atoms with Crippen LogP contribution in [0.25, 0.3) is 0 Å². The van der Waals surface area contributed by atoms with Crippen LogP contribution in [-0.4, -0.2) is 31.1 Å². The summed E-state index contributed by atoms with van der Waals surface area (Å²) in [5, 5.41) is 5.41. The van der Waals surface area contributed by atoms with Crippen molar-refractivity contribution < 1.29 is 18.7 Å². The number of ether oxygens (including phenoxy) is 1. The summed E-state index contributed by atoms with van der Waals surface area (Å²) in [6, 6.07) is 5.53. The highest BCUT2D eigenvalue weighted by molar-refractivity contribution is 5.91. The van der Waals surface area contributed by atoms with Crippen molar-refractivity contribution in [2.24, 2.45) is 0 Å². The molecule has 1 atom stereocenters. The van der Waals surface area contributed by atoms with Gasteiger partial charge in [0.1, 0.15) is 19.0 Å². The number of rotatable bonds is 11. The highest BCUT2D eigenvalue weighted by Crippen LogP contribution is 2.08. The summed E-state index contributed by atoms with van der Waals surface area (Å²) in [4.78, 5) is 23.4. The topological polar surface area (TPSA) is 67.4 Å². The van der Waals surface area contributed by atoms with Gasteiger partial charge in [-0.15, -0.1) is 0 Å². The van der Waals surface area contributed by atoms with Crippen molar-refractivity contribution in [3.8, 4) is 0 Å². The highest BCUT2D eigenvalue weighted by atomic mass is 19.1. The Morgan fingerprint density at radius 2 is 1.75 bits per heavy atom. The van der Waals surface area contributed by atoms with Gasteiger partial charge in [0.2, 0.25) is 11.8 Å². The quantitative estimate of drug-likeness (QED) is 0.609. The SMILES string of the molecule is CCCCCCC(C)NC(=O)COCC(=O)Nc1ccc(F)cc1. The normalized spacial score (nSPS) is 11.8. The maximum atomic E-state index is 12.8. The Labute approximate surface area is 143 Å². The van der Waals surface area contributed by atoms with E-state index in [1.54, 1.807) is 0 Å². The predicted octanol–water partition coefficient (Wildman–Crippen LogP) is 3.26. The minimum Gasteiger partial charge on any atom is -0.362 e. The molecule has 0 fully saturated rings. The van der Waals surface area contributed by atoms with Crippen molar-refractivity contribution in [1.82, 2.24) is 5.32 Å². The third-order valence-electron chi connectivity index (χ3n) is 3.49. The standard InChI is InChI=1S/C18H27FN2O3/c1-3-4-5-6-7-14(2)20-17(22)12-24-13-18(23)21-16-10-8-15(19)9-11-16/h8-11,14H,3-7,12-13H2,1-2H3,(H,20,22)(H,21,23). The molecule has 2 amide bonds. The summed E-state index contributed by atoms with van der Waals surface area (Å²) in [5.74, 6) is -0.987. The van der Waals surface area contributed by atoms with Gasteiger partial charge in [0.05, 0.1) is 0 Å². The fourth-order valence-corrected chi connectivity index (χ4v) is 2.23. The lowest BCUT2D eigenvalue weighted by atomic mass is 10.1. The lowest BCUT2D eigenvalue weighted by Crippen LogP contribution is -2.36. The molecule has 0 aliphatic rings. The highest BCUT2D eigenvalue weighted by Gasteiger charge is 2.09. The van der Waals surface area contributed by atoms with Gasteiger partial charge in [-0.2, -0.15) is 0 Å². The van der Waals surface area contributed by atoms with Crippen molar-refractivity contribution in [3.05, 3.63) is 30.1 Å². The molecular formula is C18H27FN2O3. The van der Waals surface area contributed by atoms with E-state index in [1.165, 1.54) is 43.5 Å². The monoisotopic (exact) mass is 338 g/mol. The number of amides is 2.